The second kappa shape index (κ2) is 14.3. The Morgan fingerprint density at radius 2 is 0.912 bits per heavy atom. The smallest absolute Gasteiger partial charge is 0.310 e. The summed E-state index contributed by atoms with van der Waals surface area (Å²) in [5.41, 5.74) is 0.161. The zero-order valence-corrected chi connectivity index (χ0v) is 33.5. The third-order valence-corrected chi connectivity index (χ3v) is 12.6. The van der Waals surface area contributed by atoms with Crippen molar-refractivity contribution in [2.45, 2.75) is 22.9 Å². The molecule has 8 rings (SSSR count). The molecule has 288 valence electrons. The van der Waals surface area contributed by atoms with Crippen LogP contribution in [0.25, 0.3) is 0 Å². The van der Waals surface area contributed by atoms with Crippen LogP contribution in [0.5, 0.6) is 0 Å². The Labute approximate surface area is 348 Å². The number of rotatable bonds is 6. The SMILES string of the molecule is CN1C(=O)N(c2cc(Cl)cc(Cl)c2)C(=O)[C@]12CN(CN1C[C@H](c3ccc(C#N)cc3)[C@@]3(C1)C(=O)N(c1cc(Cl)cc(Cl)c1)C(=O)N3C)C[C@H]2c1ccc(C#N)cc1. The highest BCUT2D eigenvalue weighted by Gasteiger charge is 2.67. The number of carbonyl (C=O) groups excluding carboxylic acids is 4. The lowest BCUT2D eigenvalue weighted by Gasteiger charge is -2.34. The highest BCUT2D eigenvalue weighted by molar-refractivity contribution is 6.36. The maximum atomic E-state index is 14.8. The van der Waals surface area contributed by atoms with Gasteiger partial charge in [-0.05, 0) is 71.8 Å². The number of imide groups is 2. The van der Waals surface area contributed by atoms with Crippen molar-refractivity contribution in [1.82, 2.24) is 19.6 Å². The van der Waals surface area contributed by atoms with Crippen molar-refractivity contribution in [2.24, 2.45) is 0 Å². The molecule has 2 spiro atoms. The number of anilines is 2. The van der Waals surface area contributed by atoms with Gasteiger partial charge in [0.1, 0.15) is 11.1 Å². The van der Waals surface area contributed by atoms with Crippen molar-refractivity contribution in [3.05, 3.63) is 127 Å². The average molecular weight is 843 g/mol. The van der Waals surface area contributed by atoms with Gasteiger partial charge in [0, 0.05) is 72.2 Å². The van der Waals surface area contributed by atoms with Crippen molar-refractivity contribution < 1.29 is 19.2 Å². The third kappa shape index (κ3) is 6.11. The second-order valence-corrected chi connectivity index (χ2v) is 16.6. The molecule has 4 aromatic rings. The standard InChI is InChI=1S/C41H32Cl4N8O4/c1-48-38(56)52(32-13-28(42)11-29(43)14-32)36(54)40(48)21-50(19-34(40)26-7-3-24(17-46)4-8-26)23-51-20-35(27-9-5-25(18-47)6-10-27)41(22-51)37(55)53(39(57)49(41)2)33-15-30(44)12-31(45)16-33/h3-16,34-35H,19-23H2,1-2H3/t34-,35+,40+,41-. The van der Waals surface area contributed by atoms with Crippen LogP contribution in [0.3, 0.4) is 0 Å². The number of carbonyl (C=O) groups is 4. The van der Waals surface area contributed by atoms with E-state index in [1.54, 1.807) is 62.6 Å². The molecule has 0 N–H and O–H groups in total. The van der Waals surface area contributed by atoms with Gasteiger partial charge in [0.25, 0.3) is 11.8 Å². The van der Waals surface area contributed by atoms with E-state index in [4.69, 9.17) is 46.4 Å². The van der Waals surface area contributed by atoms with Crippen LogP contribution in [-0.4, -0.2) is 101 Å². The van der Waals surface area contributed by atoms with Crippen LogP contribution in [0.4, 0.5) is 21.0 Å². The predicted molar refractivity (Wildman–Crippen MR) is 215 cm³/mol. The minimum absolute atomic E-state index is 0.129. The number of benzene rings is 4. The highest BCUT2D eigenvalue weighted by Crippen LogP contribution is 2.49. The van der Waals surface area contributed by atoms with Gasteiger partial charge < -0.3 is 9.80 Å². The molecule has 0 saturated carbocycles. The molecule has 4 aliphatic heterocycles. The van der Waals surface area contributed by atoms with Crippen LogP contribution in [0.2, 0.25) is 20.1 Å². The van der Waals surface area contributed by atoms with Crippen molar-refractivity contribution >= 4 is 81.7 Å². The number of amides is 6. The van der Waals surface area contributed by atoms with Gasteiger partial charge in [0.15, 0.2) is 0 Å². The van der Waals surface area contributed by atoms with Gasteiger partial charge in [-0.15, -0.1) is 0 Å². The lowest BCUT2D eigenvalue weighted by molar-refractivity contribution is -0.125. The summed E-state index contributed by atoms with van der Waals surface area (Å²) < 4.78 is 0. The Kier molecular flexibility index (Phi) is 9.73. The van der Waals surface area contributed by atoms with E-state index in [2.05, 4.69) is 21.9 Å². The number of urea groups is 2. The number of nitrogens with zero attached hydrogens (tertiary/aromatic N) is 8. The Hall–Kier alpha value is -5.18. The fourth-order valence-corrected chi connectivity index (χ4v) is 10.1. The predicted octanol–water partition coefficient (Wildman–Crippen LogP) is 7.17. The zero-order valence-electron chi connectivity index (χ0n) is 30.5. The fourth-order valence-electron chi connectivity index (χ4n) is 9.08. The Balaban J connectivity index is 1.17. The van der Waals surface area contributed by atoms with Crippen LogP contribution >= 0.6 is 46.4 Å². The summed E-state index contributed by atoms with van der Waals surface area (Å²) in [5, 5.41) is 20.1. The third-order valence-electron chi connectivity index (χ3n) is 11.8. The summed E-state index contributed by atoms with van der Waals surface area (Å²) in [7, 11) is 3.21. The average Bonchev–Trinajstić information content (AvgIpc) is 3.86. The molecule has 6 amide bonds. The molecular formula is C41H32Cl4N8O4. The van der Waals surface area contributed by atoms with Gasteiger partial charge in [0.2, 0.25) is 0 Å². The first-order valence-electron chi connectivity index (χ1n) is 17.8. The summed E-state index contributed by atoms with van der Waals surface area (Å²) in [4.78, 5) is 67.2. The summed E-state index contributed by atoms with van der Waals surface area (Å²) in [6.45, 7) is 1.19. The lowest BCUT2D eigenvalue weighted by Crippen LogP contribution is -2.55. The quantitative estimate of drug-likeness (QED) is 0.187. The molecule has 0 radical (unpaired) electrons. The first-order valence-corrected chi connectivity index (χ1v) is 19.3. The van der Waals surface area contributed by atoms with Gasteiger partial charge in [-0.2, -0.15) is 10.5 Å². The van der Waals surface area contributed by atoms with Crippen LogP contribution in [-0.2, 0) is 9.59 Å². The van der Waals surface area contributed by atoms with E-state index in [0.717, 1.165) is 20.9 Å². The molecule has 16 heteroatoms. The maximum Gasteiger partial charge on any atom is 0.332 e. The summed E-state index contributed by atoms with van der Waals surface area (Å²) >= 11 is 25.3. The summed E-state index contributed by atoms with van der Waals surface area (Å²) in [6.07, 6.45) is 0. The zero-order chi connectivity index (χ0) is 40.6. The number of hydrogen-bond donors (Lipinski definition) is 0. The molecule has 0 aliphatic carbocycles. The normalized spacial score (nSPS) is 25.1. The molecule has 4 aromatic carbocycles. The van der Waals surface area contributed by atoms with Gasteiger partial charge in [-0.25, -0.2) is 19.4 Å². The van der Waals surface area contributed by atoms with E-state index >= 15 is 0 Å². The highest BCUT2D eigenvalue weighted by atomic mass is 35.5. The maximum absolute atomic E-state index is 14.8. The van der Waals surface area contributed by atoms with Crippen LogP contribution in [0.1, 0.15) is 34.1 Å². The Morgan fingerprint density at radius 1 is 0.579 bits per heavy atom. The van der Waals surface area contributed by atoms with E-state index in [9.17, 15) is 29.7 Å². The minimum Gasteiger partial charge on any atom is -0.310 e. The molecule has 57 heavy (non-hydrogen) atoms. The van der Waals surface area contributed by atoms with E-state index in [0.29, 0.717) is 24.2 Å². The van der Waals surface area contributed by atoms with Gasteiger partial charge in [-0.1, -0.05) is 70.7 Å². The number of nitriles is 2. The van der Waals surface area contributed by atoms with Crippen LogP contribution in [0, 0.1) is 22.7 Å². The molecular weight excluding hydrogens is 810 g/mol. The number of hydrogen-bond acceptors (Lipinski definition) is 8. The fraction of sp³-hybridized carbons (Fsp3) is 0.268. The minimum atomic E-state index is -1.37. The molecule has 0 unspecified atom stereocenters. The monoisotopic (exact) mass is 840 g/mol. The Bertz CT molecular complexity index is 2240. The van der Waals surface area contributed by atoms with Crippen LogP contribution in [0.15, 0.2) is 84.9 Å². The second-order valence-electron chi connectivity index (χ2n) is 14.8. The first-order chi connectivity index (χ1) is 27.2. The van der Waals surface area contributed by atoms with Crippen LogP contribution < -0.4 is 9.80 Å². The number of likely N-dealkylation sites (N-methyl/N-ethyl adjacent to an activating group) is 2. The molecule has 12 nitrogen and oxygen atoms in total. The van der Waals surface area contributed by atoms with E-state index in [1.807, 2.05) is 0 Å². The molecule has 4 heterocycles. The lowest BCUT2D eigenvalue weighted by atomic mass is 9.80. The van der Waals surface area contributed by atoms with Crippen molar-refractivity contribution in [2.75, 3.05) is 56.7 Å². The van der Waals surface area contributed by atoms with Crippen molar-refractivity contribution in [1.29, 1.82) is 10.5 Å². The van der Waals surface area contributed by atoms with E-state index < -0.39 is 46.8 Å². The molecule has 0 bridgehead atoms. The van der Waals surface area contributed by atoms with Crippen molar-refractivity contribution in [3.8, 4) is 12.1 Å². The summed E-state index contributed by atoms with van der Waals surface area (Å²) in [6, 6.07) is 26.3. The van der Waals surface area contributed by atoms with E-state index in [-0.39, 0.29) is 51.2 Å². The number of halogens is 4. The Morgan fingerprint density at radius 3 is 1.23 bits per heavy atom. The van der Waals surface area contributed by atoms with Gasteiger partial charge in [0.05, 0.1) is 41.3 Å². The topological polar surface area (TPSA) is 135 Å². The molecule has 4 atom stereocenters. The largest absolute Gasteiger partial charge is 0.332 e. The number of likely N-dealkylation sites (tertiary alicyclic amines) is 2. The van der Waals surface area contributed by atoms with Crippen molar-refractivity contribution in [3.63, 3.8) is 0 Å². The summed E-state index contributed by atoms with van der Waals surface area (Å²) in [5.74, 6) is -1.97. The van der Waals surface area contributed by atoms with E-state index in [1.165, 1.54) is 46.2 Å². The molecule has 4 aliphatic rings. The van der Waals surface area contributed by atoms with Gasteiger partial charge >= 0.3 is 12.1 Å². The van der Waals surface area contributed by atoms with Gasteiger partial charge in [-0.3, -0.25) is 19.4 Å². The molecule has 0 aromatic heterocycles. The molecule has 4 saturated heterocycles. The molecule has 4 fully saturated rings. The first kappa shape index (κ1) is 38.7.